The quantitative estimate of drug-likeness (QED) is 0.457. The predicted octanol–water partition coefficient (Wildman–Crippen LogP) is 4.94. The summed E-state index contributed by atoms with van der Waals surface area (Å²) in [7, 11) is 0. The van der Waals surface area contributed by atoms with Crippen LogP contribution in [-0.4, -0.2) is 19.7 Å². The molecule has 27 heavy (non-hydrogen) atoms. The van der Waals surface area contributed by atoms with Crippen LogP contribution in [0.2, 0.25) is 5.15 Å². The average molecular weight is 407 g/mol. The highest BCUT2D eigenvalue weighted by Gasteiger charge is 2.35. The lowest BCUT2D eigenvalue weighted by Crippen LogP contribution is -2.09. The zero-order chi connectivity index (χ0) is 19.8. The second-order valence-electron chi connectivity index (χ2n) is 5.45. The minimum absolute atomic E-state index is 0.0375. The Morgan fingerprint density at radius 1 is 0.926 bits per heavy atom. The summed E-state index contributed by atoms with van der Waals surface area (Å²) in [5, 5.41) is 3.59. The minimum atomic E-state index is -4.72. The summed E-state index contributed by atoms with van der Waals surface area (Å²) in [6, 6.07) is 5.81. The fraction of sp³-hybridized carbons (Fsp3) is 0.188. The van der Waals surface area contributed by atoms with Gasteiger partial charge in [0.1, 0.15) is 11.0 Å². The third kappa shape index (κ3) is 4.38. The maximum absolute atomic E-state index is 13.0. The molecule has 0 fully saturated rings. The van der Waals surface area contributed by atoms with Crippen LogP contribution in [0.25, 0.3) is 5.69 Å². The highest BCUT2D eigenvalue weighted by Crippen LogP contribution is 2.32. The maximum atomic E-state index is 13.0. The first-order valence-corrected chi connectivity index (χ1v) is 7.73. The van der Waals surface area contributed by atoms with Crippen molar-refractivity contribution in [3.05, 3.63) is 70.5 Å². The van der Waals surface area contributed by atoms with E-state index in [9.17, 15) is 26.3 Å². The Labute approximate surface area is 153 Å². The molecular formula is C16H9ClF6N4. The van der Waals surface area contributed by atoms with Crippen LogP contribution in [0.5, 0.6) is 0 Å². The molecule has 1 aromatic carbocycles. The van der Waals surface area contributed by atoms with Crippen molar-refractivity contribution in [2.24, 2.45) is 0 Å². The Morgan fingerprint density at radius 3 is 2.15 bits per heavy atom. The van der Waals surface area contributed by atoms with E-state index in [2.05, 4.69) is 15.1 Å². The first-order valence-electron chi connectivity index (χ1n) is 7.35. The van der Waals surface area contributed by atoms with Crippen LogP contribution in [0.4, 0.5) is 26.3 Å². The van der Waals surface area contributed by atoms with Crippen molar-refractivity contribution in [3.63, 3.8) is 0 Å². The van der Waals surface area contributed by atoms with Gasteiger partial charge in [0.15, 0.2) is 5.69 Å². The molecule has 0 bridgehead atoms. The Morgan fingerprint density at radius 2 is 1.59 bits per heavy atom. The van der Waals surface area contributed by atoms with E-state index < -0.39 is 23.6 Å². The summed E-state index contributed by atoms with van der Waals surface area (Å²) in [5.41, 5.74) is -2.02. The van der Waals surface area contributed by atoms with E-state index in [-0.39, 0.29) is 28.8 Å². The molecule has 142 valence electrons. The van der Waals surface area contributed by atoms with Gasteiger partial charge in [0.25, 0.3) is 0 Å². The Hall–Kier alpha value is -2.62. The van der Waals surface area contributed by atoms with E-state index >= 15 is 0 Å². The standard InChI is InChI=1S/C16H9ClF6N4/c17-13-5-6-24-14(25-13)8-11-7-12(16(21,22)23)26-27(11)10-3-1-9(2-4-10)15(18,19)20/h1-7H,8H2. The molecule has 0 aliphatic carbocycles. The molecule has 0 unspecified atom stereocenters. The van der Waals surface area contributed by atoms with E-state index in [1.54, 1.807) is 0 Å². The monoisotopic (exact) mass is 406 g/mol. The molecule has 0 radical (unpaired) electrons. The smallest absolute Gasteiger partial charge is 0.241 e. The topological polar surface area (TPSA) is 43.6 Å². The van der Waals surface area contributed by atoms with Gasteiger partial charge in [0.2, 0.25) is 0 Å². The lowest BCUT2D eigenvalue weighted by atomic mass is 10.2. The number of hydrogen-bond acceptors (Lipinski definition) is 3. The van der Waals surface area contributed by atoms with Crippen molar-refractivity contribution < 1.29 is 26.3 Å². The van der Waals surface area contributed by atoms with Crippen LogP contribution in [0, 0.1) is 0 Å². The van der Waals surface area contributed by atoms with Crippen LogP contribution in [-0.2, 0) is 18.8 Å². The largest absolute Gasteiger partial charge is 0.435 e. The van der Waals surface area contributed by atoms with E-state index in [4.69, 9.17) is 11.6 Å². The highest BCUT2D eigenvalue weighted by atomic mass is 35.5. The summed E-state index contributed by atoms with van der Waals surface area (Å²) < 4.78 is 78.1. The summed E-state index contributed by atoms with van der Waals surface area (Å²) in [4.78, 5) is 7.83. The molecule has 4 nitrogen and oxygen atoms in total. The Bertz CT molecular complexity index is 947. The van der Waals surface area contributed by atoms with E-state index in [1.807, 2.05) is 0 Å². The van der Waals surface area contributed by atoms with Gasteiger partial charge in [-0.3, -0.25) is 0 Å². The number of benzene rings is 1. The maximum Gasteiger partial charge on any atom is 0.435 e. The second-order valence-corrected chi connectivity index (χ2v) is 5.83. The SMILES string of the molecule is FC(F)(F)c1ccc(-n2nc(C(F)(F)F)cc2Cc2nccc(Cl)n2)cc1. The molecule has 0 spiro atoms. The molecule has 0 N–H and O–H groups in total. The van der Waals surface area contributed by atoms with E-state index in [0.29, 0.717) is 0 Å². The number of nitrogens with zero attached hydrogens (tertiary/aromatic N) is 4. The van der Waals surface area contributed by atoms with Crippen molar-refractivity contribution in [3.8, 4) is 5.69 Å². The van der Waals surface area contributed by atoms with Gasteiger partial charge in [-0.2, -0.15) is 31.4 Å². The van der Waals surface area contributed by atoms with Crippen molar-refractivity contribution in [1.29, 1.82) is 0 Å². The van der Waals surface area contributed by atoms with E-state index in [1.165, 1.54) is 12.3 Å². The van der Waals surface area contributed by atoms with Gasteiger partial charge in [-0.05, 0) is 36.4 Å². The number of rotatable bonds is 3. The van der Waals surface area contributed by atoms with Gasteiger partial charge < -0.3 is 0 Å². The number of alkyl halides is 6. The third-order valence-corrected chi connectivity index (χ3v) is 3.73. The molecule has 0 aliphatic rings. The molecule has 2 aromatic heterocycles. The van der Waals surface area contributed by atoms with Crippen molar-refractivity contribution in [1.82, 2.24) is 19.7 Å². The lowest BCUT2D eigenvalue weighted by Gasteiger charge is -2.10. The average Bonchev–Trinajstić information content (AvgIpc) is 2.98. The second kappa shape index (κ2) is 6.84. The molecule has 0 amide bonds. The van der Waals surface area contributed by atoms with Crippen LogP contribution < -0.4 is 0 Å². The molecule has 2 heterocycles. The first kappa shape index (κ1) is 19.2. The predicted molar refractivity (Wildman–Crippen MR) is 83.4 cm³/mol. The molecule has 11 heteroatoms. The Kier molecular flexibility index (Phi) is 4.85. The van der Waals surface area contributed by atoms with Crippen LogP contribution in [0.1, 0.15) is 22.8 Å². The molecule has 0 saturated heterocycles. The molecule has 3 rings (SSSR count). The highest BCUT2D eigenvalue weighted by molar-refractivity contribution is 6.29. The number of hydrogen-bond donors (Lipinski definition) is 0. The van der Waals surface area contributed by atoms with Gasteiger partial charge in [0, 0.05) is 6.20 Å². The van der Waals surface area contributed by atoms with E-state index in [0.717, 1.165) is 35.0 Å². The molecular weight excluding hydrogens is 398 g/mol. The van der Waals surface area contributed by atoms with Crippen molar-refractivity contribution >= 4 is 11.6 Å². The fourth-order valence-corrected chi connectivity index (χ4v) is 2.47. The van der Waals surface area contributed by atoms with Crippen LogP contribution in [0.3, 0.4) is 0 Å². The van der Waals surface area contributed by atoms with Gasteiger partial charge >= 0.3 is 12.4 Å². The van der Waals surface area contributed by atoms with Crippen molar-refractivity contribution in [2.75, 3.05) is 0 Å². The number of aromatic nitrogens is 4. The molecule has 0 saturated carbocycles. The molecule has 3 aromatic rings. The summed E-state index contributed by atoms with van der Waals surface area (Å²) >= 11 is 5.75. The summed E-state index contributed by atoms with van der Waals surface area (Å²) in [5.74, 6) is 0.143. The van der Waals surface area contributed by atoms with Gasteiger partial charge in [-0.1, -0.05) is 11.6 Å². The van der Waals surface area contributed by atoms with Crippen molar-refractivity contribution in [2.45, 2.75) is 18.8 Å². The fourth-order valence-electron chi connectivity index (χ4n) is 2.32. The van der Waals surface area contributed by atoms with Gasteiger partial charge in [0.05, 0.1) is 23.4 Å². The summed E-state index contributed by atoms with van der Waals surface area (Å²) in [6.45, 7) is 0. The summed E-state index contributed by atoms with van der Waals surface area (Å²) in [6.07, 6.45) is -8.09. The first-order chi connectivity index (χ1) is 12.5. The Balaban J connectivity index is 2.04. The van der Waals surface area contributed by atoms with Gasteiger partial charge in [-0.25, -0.2) is 14.6 Å². The zero-order valence-corrected chi connectivity index (χ0v) is 13.9. The van der Waals surface area contributed by atoms with Crippen LogP contribution >= 0.6 is 11.6 Å². The lowest BCUT2D eigenvalue weighted by molar-refractivity contribution is -0.141. The molecule has 0 atom stereocenters. The molecule has 0 aliphatic heterocycles. The van der Waals surface area contributed by atoms with Crippen LogP contribution in [0.15, 0.2) is 42.6 Å². The normalized spacial score (nSPS) is 12.4. The number of halogens is 7. The minimum Gasteiger partial charge on any atom is -0.241 e. The van der Waals surface area contributed by atoms with Gasteiger partial charge in [-0.15, -0.1) is 0 Å². The third-order valence-electron chi connectivity index (χ3n) is 3.52. The zero-order valence-electron chi connectivity index (χ0n) is 13.2.